The maximum Gasteiger partial charge on any atom is 1.05 e. The van der Waals surface area contributed by atoms with Gasteiger partial charge in [-0.05, 0) is 41.5 Å². The van der Waals surface area contributed by atoms with Crippen LogP contribution in [-0.4, -0.2) is 26.9 Å². The van der Waals surface area contributed by atoms with Gasteiger partial charge in [0.05, 0.1) is 0 Å². The van der Waals surface area contributed by atoms with Crippen molar-refractivity contribution in [3.05, 3.63) is 35.5 Å². The number of ketones is 3. The van der Waals surface area contributed by atoms with E-state index in [0.717, 1.165) is 0 Å². The molecule has 128 valence electrons. The van der Waals surface area contributed by atoms with Gasteiger partial charge in [-0.1, -0.05) is 0 Å². The van der Waals surface area contributed by atoms with E-state index < -0.39 is 9.53 Å². The normalized spacial score (nSPS) is 12.0. The van der Waals surface area contributed by atoms with Gasteiger partial charge in [0.1, 0.15) is 17.3 Å². The molecule has 0 atom stereocenters. The third-order valence-corrected chi connectivity index (χ3v) is 3.42. The van der Waals surface area contributed by atoms with Crippen molar-refractivity contribution in [2.24, 2.45) is 0 Å². The lowest BCUT2D eigenvalue weighted by molar-refractivity contribution is -0.113. The molecular weight excluding hydrogens is 340 g/mol. The van der Waals surface area contributed by atoms with Gasteiger partial charge in [-0.3, -0.25) is 27.7 Å². The van der Waals surface area contributed by atoms with E-state index in [9.17, 15) is 14.4 Å². The molecule has 0 spiro atoms. The molecular formula is C15H21ClO6Si. The van der Waals surface area contributed by atoms with Crippen LogP contribution < -0.4 is 12.4 Å². The SMILES string of the molecule is CC(=O)/C=C(/C)O[Si+](O/C(C)=C\C(C)=O)O/C(C)=C\C(C)=O.[Cl-]. The average molecular weight is 361 g/mol. The molecule has 0 rings (SSSR count). The van der Waals surface area contributed by atoms with E-state index >= 15 is 0 Å². The number of hydrogen-bond donors (Lipinski definition) is 0. The van der Waals surface area contributed by atoms with Crippen molar-refractivity contribution < 1.29 is 40.1 Å². The Hall–Kier alpha value is -1.86. The van der Waals surface area contributed by atoms with Crippen LogP contribution in [0, 0.1) is 0 Å². The fourth-order valence-electron chi connectivity index (χ4n) is 1.40. The zero-order valence-corrected chi connectivity index (χ0v) is 15.8. The fraction of sp³-hybridized carbons (Fsp3) is 0.400. The Balaban J connectivity index is 0. The molecule has 0 unspecified atom stereocenters. The summed E-state index contributed by atoms with van der Waals surface area (Å²) in [5.74, 6) is 0.454. The molecule has 8 heteroatoms. The van der Waals surface area contributed by atoms with Crippen LogP contribution in [0.2, 0.25) is 0 Å². The number of carbonyl (C=O) groups is 3. The van der Waals surface area contributed by atoms with Gasteiger partial charge in [-0.15, -0.1) is 0 Å². The lowest BCUT2D eigenvalue weighted by Gasteiger charge is -2.03. The molecule has 0 bridgehead atoms. The standard InChI is InChI=1S/C15H21O6Si.ClH/c1-10(16)7-13(4)19-22(20-14(5)8-11(2)17)21-15(6)9-12(3)18;/h7-9H,1-6H3;1H/q+1;/p-1/b13-7-,14-8-,15-9-;. The van der Waals surface area contributed by atoms with Crippen molar-refractivity contribution in [2.45, 2.75) is 41.5 Å². The summed E-state index contributed by atoms with van der Waals surface area (Å²) in [6.07, 6.45) is 3.89. The Morgan fingerprint density at radius 1 is 0.609 bits per heavy atom. The zero-order valence-electron chi connectivity index (χ0n) is 14.1. The lowest BCUT2D eigenvalue weighted by atomic mass is 10.4. The minimum Gasteiger partial charge on any atom is -1.00 e. The Kier molecular flexibility index (Phi) is 11.9. The first-order valence-corrected chi connectivity index (χ1v) is 7.79. The molecule has 0 radical (unpaired) electrons. The summed E-state index contributed by atoms with van der Waals surface area (Å²) in [4.78, 5) is 33.1. The number of carbonyl (C=O) groups excluding carboxylic acids is 3. The lowest BCUT2D eigenvalue weighted by Crippen LogP contribution is -3.00. The monoisotopic (exact) mass is 360 g/mol. The third kappa shape index (κ3) is 13.5. The van der Waals surface area contributed by atoms with Crippen LogP contribution in [0.4, 0.5) is 0 Å². The average Bonchev–Trinajstić information content (AvgIpc) is 2.23. The number of hydrogen-bond acceptors (Lipinski definition) is 6. The van der Waals surface area contributed by atoms with Crippen LogP contribution in [0.5, 0.6) is 0 Å². The summed E-state index contributed by atoms with van der Waals surface area (Å²) in [7, 11) is -2.34. The first-order chi connectivity index (χ1) is 10.1. The van der Waals surface area contributed by atoms with E-state index in [1.807, 2.05) is 0 Å². The number of rotatable bonds is 9. The molecule has 0 saturated carbocycles. The van der Waals surface area contributed by atoms with Crippen molar-refractivity contribution in [3.63, 3.8) is 0 Å². The van der Waals surface area contributed by atoms with Gasteiger partial charge in [0.15, 0.2) is 17.3 Å². The van der Waals surface area contributed by atoms with E-state index in [2.05, 4.69) is 0 Å². The highest BCUT2D eigenvalue weighted by Crippen LogP contribution is 2.11. The number of halogens is 1. The molecule has 0 saturated heterocycles. The molecule has 0 fully saturated rings. The predicted molar refractivity (Wildman–Crippen MR) is 82.3 cm³/mol. The van der Waals surface area contributed by atoms with E-state index in [1.54, 1.807) is 20.8 Å². The third-order valence-electron chi connectivity index (χ3n) is 1.95. The second kappa shape index (κ2) is 11.7. The van der Waals surface area contributed by atoms with E-state index in [-0.39, 0.29) is 29.8 Å². The molecule has 0 aliphatic carbocycles. The smallest absolute Gasteiger partial charge is 1.00 e. The van der Waals surface area contributed by atoms with Gasteiger partial charge in [0.2, 0.25) is 0 Å². The van der Waals surface area contributed by atoms with Gasteiger partial charge in [0, 0.05) is 18.2 Å². The molecule has 0 aliphatic rings. The molecule has 0 N–H and O–H groups in total. The summed E-state index contributed by atoms with van der Waals surface area (Å²) >= 11 is 0. The van der Waals surface area contributed by atoms with Crippen LogP contribution in [0.1, 0.15) is 41.5 Å². The van der Waals surface area contributed by atoms with Crippen LogP contribution >= 0.6 is 0 Å². The van der Waals surface area contributed by atoms with Gasteiger partial charge in [-0.2, -0.15) is 0 Å². The minimum absolute atomic E-state index is 0. The van der Waals surface area contributed by atoms with Gasteiger partial charge in [-0.25, -0.2) is 0 Å². The van der Waals surface area contributed by atoms with Crippen molar-refractivity contribution in [1.82, 2.24) is 0 Å². The molecule has 0 aromatic carbocycles. The van der Waals surface area contributed by atoms with Crippen molar-refractivity contribution in [2.75, 3.05) is 0 Å². The molecule has 0 aliphatic heterocycles. The summed E-state index contributed by atoms with van der Waals surface area (Å²) in [6, 6.07) is 0. The predicted octanol–water partition coefficient (Wildman–Crippen LogP) is -0.496. The fourth-order valence-corrected chi connectivity index (χ4v) is 2.49. The van der Waals surface area contributed by atoms with Gasteiger partial charge in [0.25, 0.3) is 0 Å². The van der Waals surface area contributed by atoms with Crippen LogP contribution in [-0.2, 0) is 27.7 Å². The van der Waals surface area contributed by atoms with Crippen LogP contribution in [0.15, 0.2) is 35.5 Å². The molecule has 6 nitrogen and oxygen atoms in total. The maximum atomic E-state index is 11.0. The highest BCUT2D eigenvalue weighted by molar-refractivity contribution is 6.37. The Morgan fingerprint density at radius 3 is 1.00 bits per heavy atom. The van der Waals surface area contributed by atoms with Gasteiger partial charge >= 0.3 is 9.53 Å². The summed E-state index contributed by atoms with van der Waals surface area (Å²) in [6.45, 7) is 8.95. The Labute approximate surface area is 144 Å². The van der Waals surface area contributed by atoms with Crippen LogP contribution in [0.25, 0.3) is 0 Å². The largest absolute Gasteiger partial charge is 1.05 e. The first kappa shape index (κ1) is 23.4. The first-order valence-electron chi connectivity index (χ1n) is 6.57. The van der Waals surface area contributed by atoms with Crippen molar-refractivity contribution >= 4 is 26.9 Å². The van der Waals surface area contributed by atoms with E-state index in [4.69, 9.17) is 13.3 Å². The second-order valence-electron chi connectivity index (χ2n) is 4.65. The van der Waals surface area contributed by atoms with Crippen LogP contribution in [0.3, 0.4) is 0 Å². The maximum absolute atomic E-state index is 11.0. The molecule has 23 heavy (non-hydrogen) atoms. The summed E-state index contributed by atoms with van der Waals surface area (Å²) in [5, 5.41) is 0. The van der Waals surface area contributed by atoms with E-state index in [1.165, 1.54) is 39.0 Å². The highest BCUT2D eigenvalue weighted by Gasteiger charge is 2.46. The summed E-state index contributed by atoms with van der Waals surface area (Å²) in [5.41, 5.74) is 0. The minimum atomic E-state index is -2.34. The van der Waals surface area contributed by atoms with Crippen molar-refractivity contribution in [3.8, 4) is 0 Å². The quantitative estimate of drug-likeness (QED) is 0.313. The Morgan fingerprint density at radius 2 is 0.826 bits per heavy atom. The zero-order chi connectivity index (χ0) is 17.3. The molecule has 0 amide bonds. The van der Waals surface area contributed by atoms with Crippen molar-refractivity contribution in [1.29, 1.82) is 0 Å². The molecule has 0 aromatic rings. The number of allylic oxidation sites excluding steroid dienone is 6. The second-order valence-corrected chi connectivity index (χ2v) is 5.77. The van der Waals surface area contributed by atoms with E-state index in [0.29, 0.717) is 17.3 Å². The molecule has 0 heterocycles. The highest BCUT2D eigenvalue weighted by atomic mass is 35.5. The van der Waals surface area contributed by atoms with Gasteiger partial charge < -0.3 is 12.4 Å². The molecule has 0 aromatic heterocycles. The summed E-state index contributed by atoms with van der Waals surface area (Å²) < 4.78 is 16.4. The Bertz CT molecular complexity index is 460. The topological polar surface area (TPSA) is 78.9 Å².